The van der Waals surface area contributed by atoms with E-state index in [9.17, 15) is 18.0 Å². The van der Waals surface area contributed by atoms with Crippen LogP contribution in [0.15, 0.2) is 12.3 Å². The van der Waals surface area contributed by atoms with Crippen molar-refractivity contribution >= 4 is 5.91 Å². The van der Waals surface area contributed by atoms with Gasteiger partial charge < -0.3 is 9.88 Å². The first-order valence-corrected chi connectivity index (χ1v) is 6.37. The number of H-pyrrole nitrogens is 1. The van der Waals surface area contributed by atoms with Gasteiger partial charge in [0.05, 0.1) is 12.0 Å². The highest BCUT2D eigenvalue weighted by molar-refractivity contribution is 5.95. The van der Waals surface area contributed by atoms with Crippen LogP contribution in [0.25, 0.3) is 0 Å². The smallest absolute Gasteiger partial charge is 0.365 e. The zero-order chi connectivity index (χ0) is 14.0. The number of halogens is 3. The maximum Gasteiger partial charge on any atom is 0.390 e. The fourth-order valence-electron chi connectivity index (χ4n) is 2.00. The minimum Gasteiger partial charge on any atom is -0.365 e. The normalized spacial score (nSPS) is 15.6. The molecule has 1 amide bonds. The van der Waals surface area contributed by atoms with Crippen LogP contribution in [-0.4, -0.2) is 35.1 Å². The summed E-state index contributed by atoms with van der Waals surface area (Å²) in [6, 6.07) is 1.62. The van der Waals surface area contributed by atoms with Crippen molar-refractivity contribution in [3.63, 3.8) is 0 Å². The highest BCUT2D eigenvalue weighted by atomic mass is 19.4. The average molecular weight is 274 g/mol. The van der Waals surface area contributed by atoms with Gasteiger partial charge in [-0.3, -0.25) is 4.79 Å². The molecule has 0 unspecified atom stereocenters. The van der Waals surface area contributed by atoms with Crippen molar-refractivity contribution in [1.82, 2.24) is 9.88 Å². The molecule has 0 spiro atoms. The average Bonchev–Trinajstić information content (AvgIpc) is 3.03. The van der Waals surface area contributed by atoms with Crippen LogP contribution in [0.2, 0.25) is 0 Å². The van der Waals surface area contributed by atoms with Gasteiger partial charge in [0, 0.05) is 25.0 Å². The fraction of sp³-hybridized carbons (Fsp3) is 0.615. The number of carbonyl (C=O) groups is 1. The van der Waals surface area contributed by atoms with Gasteiger partial charge in [0.2, 0.25) is 0 Å². The second kappa shape index (κ2) is 5.27. The van der Waals surface area contributed by atoms with Gasteiger partial charge in [-0.05, 0) is 31.7 Å². The Bertz CT molecular complexity index is 449. The molecule has 0 saturated heterocycles. The fourth-order valence-corrected chi connectivity index (χ4v) is 2.00. The number of alkyl halides is 3. The van der Waals surface area contributed by atoms with E-state index in [2.05, 4.69) is 4.98 Å². The summed E-state index contributed by atoms with van der Waals surface area (Å²) in [5, 5.41) is 0. The van der Waals surface area contributed by atoms with Crippen molar-refractivity contribution in [3.05, 3.63) is 23.5 Å². The largest absolute Gasteiger partial charge is 0.390 e. The van der Waals surface area contributed by atoms with Crippen molar-refractivity contribution in [3.8, 4) is 0 Å². The number of hydrogen-bond donors (Lipinski definition) is 1. The number of aromatic nitrogens is 1. The van der Waals surface area contributed by atoms with E-state index in [0.29, 0.717) is 23.7 Å². The monoisotopic (exact) mass is 274 g/mol. The van der Waals surface area contributed by atoms with Crippen LogP contribution >= 0.6 is 0 Å². The maximum atomic E-state index is 12.3. The predicted octanol–water partition coefficient (Wildman–Crippen LogP) is 3.13. The second-order valence-electron chi connectivity index (χ2n) is 5.08. The third kappa shape index (κ3) is 4.01. The Balaban J connectivity index is 2.04. The molecule has 0 aromatic carbocycles. The van der Waals surface area contributed by atoms with Crippen LogP contribution in [0.1, 0.15) is 35.3 Å². The predicted molar refractivity (Wildman–Crippen MR) is 64.8 cm³/mol. The second-order valence-corrected chi connectivity index (χ2v) is 5.08. The number of rotatable bonds is 5. The van der Waals surface area contributed by atoms with Crippen LogP contribution in [-0.2, 0) is 0 Å². The SMILES string of the molecule is Cc1[nH]ccc1C(=O)N(CCC(F)(F)F)CC1CC1. The minimum absolute atomic E-state index is 0.260. The summed E-state index contributed by atoms with van der Waals surface area (Å²) in [5.41, 5.74) is 1.15. The van der Waals surface area contributed by atoms with E-state index in [1.807, 2.05) is 0 Å². The molecule has 1 heterocycles. The first-order chi connectivity index (χ1) is 8.87. The molecule has 19 heavy (non-hydrogen) atoms. The van der Waals surface area contributed by atoms with Crippen LogP contribution in [0.5, 0.6) is 0 Å². The van der Waals surface area contributed by atoms with Gasteiger partial charge in [-0.1, -0.05) is 0 Å². The van der Waals surface area contributed by atoms with E-state index < -0.39 is 12.6 Å². The van der Waals surface area contributed by atoms with Gasteiger partial charge >= 0.3 is 6.18 Å². The third-order valence-corrected chi connectivity index (χ3v) is 3.31. The van der Waals surface area contributed by atoms with E-state index in [0.717, 1.165) is 12.8 Å². The lowest BCUT2D eigenvalue weighted by Gasteiger charge is -2.23. The quantitative estimate of drug-likeness (QED) is 0.879. The Morgan fingerprint density at radius 3 is 2.63 bits per heavy atom. The number of nitrogens with zero attached hydrogens (tertiary/aromatic N) is 1. The Labute approximate surface area is 109 Å². The molecule has 2 rings (SSSR count). The van der Waals surface area contributed by atoms with Crippen LogP contribution in [0.4, 0.5) is 13.2 Å². The van der Waals surface area contributed by atoms with Crippen molar-refractivity contribution in [2.75, 3.05) is 13.1 Å². The molecule has 1 aromatic rings. The standard InChI is InChI=1S/C13H17F3N2O/c1-9-11(4-6-17-9)12(19)18(8-10-2-3-10)7-5-13(14,15)16/h4,6,10,17H,2-3,5,7-8H2,1H3. The highest BCUT2D eigenvalue weighted by Gasteiger charge is 2.32. The number of hydrogen-bond acceptors (Lipinski definition) is 1. The van der Waals surface area contributed by atoms with Gasteiger partial charge in [0.25, 0.3) is 5.91 Å². The lowest BCUT2D eigenvalue weighted by molar-refractivity contribution is -0.136. The lowest BCUT2D eigenvalue weighted by atomic mass is 10.2. The van der Waals surface area contributed by atoms with Crippen LogP contribution < -0.4 is 0 Å². The number of carbonyl (C=O) groups excluding carboxylic acids is 1. The van der Waals surface area contributed by atoms with Gasteiger partial charge in [-0.25, -0.2) is 0 Å². The number of aromatic amines is 1. The van der Waals surface area contributed by atoms with E-state index in [4.69, 9.17) is 0 Å². The number of nitrogens with one attached hydrogen (secondary N) is 1. The van der Waals surface area contributed by atoms with E-state index in [-0.39, 0.29) is 12.5 Å². The molecule has 1 saturated carbocycles. The summed E-state index contributed by atoms with van der Waals surface area (Å²) in [7, 11) is 0. The number of aryl methyl sites for hydroxylation is 1. The summed E-state index contributed by atoms with van der Waals surface area (Å²) in [4.78, 5) is 16.5. The summed E-state index contributed by atoms with van der Waals surface area (Å²) in [6.45, 7) is 1.91. The maximum absolute atomic E-state index is 12.3. The summed E-state index contributed by atoms with van der Waals surface area (Å²) in [6.07, 6.45) is -1.55. The molecule has 0 bridgehead atoms. The summed E-state index contributed by atoms with van der Waals surface area (Å²) in [5.74, 6) is 0.0614. The molecule has 3 nitrogen and oxygen atoms in total. The van der Waals surface area contributed by atoms with Gasteiger partial charge in [0.1, 0.15) is 0 Å². The summed E-state index contributed by atoms with van der Waals surface area (Å²) >= 11 is 0. The highest BCUT2D eigenvalue weighted by Crippen LogP contribution is 2.31. The Hall–Kier alpha value is -1.46. The zero-order valence-electron chi connectivity index (χ0n) is 10.8. The van der Waals surface area contributed by atoms with Crippen molar-refractivity contribution < 1.29 is 18.0 Å². The van der Waals surface area contributed by atoms with Gasteiger partial charge in [-0.15, -0.1) is 0 Å². The van der Waals surface area contributed by atoms with Crippen molar-refractivity contribution in [1.29, 1.82) is 0 Å². The third-order valence-electron chi connectivity index (χ3n) is 3.31. The zero-order valence-corrected chi connectivity index (χ0v) is 10.8. The minimum atomic E-state index is -4.23. The molecule has 6 heteroatoms. The van der Waals surface area contributed by atoms with Crippen molar-refractivity contribution in [2.45, 2.75) is 32.4 Å². The first kappa shape index (κ1) is 14.0. The van der Waals surface area contributed by atoms with E-state index in [1.54, 1.807) is 19.2 Å². The molecule has 1 fully saturated rings. The van der Waals surface area contributed by atoms with E-state index >= 15 is 0 Å². The molecule has 0 radical (unpaired) electrons. The molecular weight excluding hydrogens is 257 g/mol. The van der Waals surface area contributed by atoms with Gasteiger partial charge in [-0.2, -0.15) is 13.2 Å². The number of amides is 1. The Morgan fingerprint density at radius 2 is 2.16 bits per heavy atom. The van der Waals surface area contributed by atoms with Crippen LogP contribution in [0.3, 0.4) is 0 Å². The molecule has 1 aromatic heterocycles. The Morgan fingerprint density at radius 1 is 1.47 bits per heavy atom. The molecule has 0 aliphatic heterocycles. The lowest BCUT2D eigenvalue weighted by Crippen LogP contribution is -2.36. The summed E-state index contributed by atoms with van der Waals surface area (Å²) < 4.78 is 36.9. The molecule has 1 aliphatic rings. The van der Waals surface area contributed by atoms with Gasteiger partial charge in [0.15, 0.2) is 0 Å². The first-order valence-electron chi connectivity index (χ1n) is 6.37. The molecular formula is C13H17F3N2O. The Kier molecular flexibility index (Phi) is 3.87. The molecule has 1 aliphatic carbocycles. The van der Waals surface area contributed by atoms with Crippen molar-refractivity contribution in [2.24, 2.45) is 5.92 Å². The topological polar surface area (TPSA) is 36.1 Å². The molecule has 1 N–H and O–H groups in total. The molecule has 0 atom stereocenters. The molecule has 106 valence electrons. The van der Waals surface area contributed by atoms with E-state index in [1.165, 1.54) is 4.90 Å². The van der Waals surface area contributed by atoms with Crippen LogP contribution in [0, 0.1) is 12.8 Å².